The number of hydrogen-bond acceptors (Lipinski definition) is 7. The van der Waals surface area contributed by atoms with Gasteiger partial charge in [0.25, 0.3) is 0 Å². The highest BCUT2D eigenvalue weighted by Crippen LogP contribution is 2.26. The van der Waals surface area contributed by atoms with Gasteiger partial charge in [-0.1, -0.05) is 51.1 Å². The fraction of sp³-hybridized carbons (Fsp3) is 0.643. The van der Waals surface area contributed by atoms with Crippen LogP contribution in [0.3, 0.4) is 0 Å². The summed E-state index contributed by atoms with van der Waals surface area (Å²) in [4.78, 5) is 34.9. The molecule has 2 amide bonds. The highest BCUT2D eigenvalue weighted by Gasteiger charge is 2.39. The third-order valence-electron chi connectivity index (χ3n) is 6.72. The molecule has 0 aromatic heterocycles. The van der Waals surface area contributed by atoms with E-state index >= 15 is 0 Å². The van der Waals surface area contributed by atoms with E-state index < -0.39 is 17.7 Å². The van der Waals surface area contributed by atoms with E-state index in [0.29, 0.717) is 64.6 Å². The lowest BCUT2D eigenvalue weighted by molar-refractivity contribution is -0.124. The predicted molar refractivity (Wildman–Crippen MR) is 145 cm³/mol. The average Bonchev–Trinajstić information content (AvgIpc) is 2.89. The molecule has 2 fully saturated rings. The summed E-state index contributed by atoms with van der Waals surface area (Å²) < 4.78 is 10.5. The minimum Gasteiger partial charge on any atom is -0.450 e. The molecule has 10 heteroatoms. The Bertz CT molecular complexity index is 987. The molecule has 38 heavy (non-hydrogen) atoms. The number of ether oxygens (including phenoxy) is 2. The van der Waals surface area contributed by atoms with Gasteiger partial charge >= 0.3 is 6.09 Å². The lowest BCUT2D eigenvalue weighted by Gasteiger charge is -2.38. The van der Waals surface area contributed by atoms with Gasteiger partial charge in [0.05, 0.1) is 25.9 Å². The number of likely N-dealkylation sites (tertiary alicyclic amines) is 1. The Morgan fingerprint density at radius 1 is 1.16 bits per heavy atom. The van der Waals surface area contributed by atoms with Gasteiger partial charge in [-0.05, 0) is 37.2 Å². The number of carbonyl (C=O) groups excluding carboxylic acids is 2. The fourth-order valence-corrected chi connectivity index (χ4v) is 4.67. The van der Waals surface area contributed by atoms with Gasteiger partial charge < -0.3 is 19.7 Å². The van der Waals surface area contributed by atoms with Gasteiger partial charge in [0.1, 0.15) is 11.6 Å². The maximum atomic E-state index is 13.7. The van der Waals surface area contributed by atoms with Crippen LogP contribution in [0.1, 0.15) is 52.5 Å². The van der Waals surface area contributed by atoms with E-state index in [9.17, 15) is 14.9 Å². The Balaban J connectivity index is 1.76. The van der Waals surface area contributed by atoms with Crippen LogP contribution >= 0.6 is 0 Å². The lowest BCUT2D eigenvalue weighted by Crippen LogP contribution is -2.57. The van der Waals surface area contributed by atoms with E-state index in [-0.39, 0.29) is 17.9 Å². The Labute approximate surface area is 226 Å². The second-order valence-electron chi connectivity index (χ2n) is 11.1. The van der Waals surface area contributed by atoms with Crippen LogP contribution in [0.5, 0.6) is 0 Å². The van der Waals surface area contributed by atoms with Crippen LogP contribution in [0.25, 0.3) is 0 Å². The van der Waals surface area contributed by atoms with E-state index in [2.05, 4.69) is 33.7 Å². The number of nitrogens with one attached hydrogen (secondary N) is 2. The number of rotatable bonds is 7. The van der Waals surface area contributed by atoms with Crippen molar-refractivity contribution in [3.8, 4) is 6.07 Å². The van der Waals surface area contributed by atoms with Crippen molar-refractivity contribution in [3.63, 3.8) is 0 Å². The van der Waals surface area contributed by atoms with Crippen LogP contribution in [0.2, 0.25) is 0 Å². The van der Waals surface area contributed by atoms with Crippen molar-refractivity contribution in [3.05, 3.63) is 35.9 Å². The molecule has 0 unspecified atom stereocenters. The van der Waals surface area contributed by atoms with E-state index in [1.165, 1.54) is 5.56 Å². The van der Waals surface area contributed by atoms with Crippen LogP contribution in [0, 0.1) is 16.7 Å². The maximum Gasteiger partial charge on any atom is 0.413 e. The number of aliphatic imine (C=N–C) groups is 1. The van der Waals surface area contributed by atoms with Crippen molar-refractivity contribution in [2.45, 2.75) is 65.1 Å². The summed E-state index contributed by atoms with van der Waals surface area (Å²) >= 11 is 0. The molecule has 2 aliphatic rings. The van der Waals surface area contributed by atoms with Crippen molar-refractivity contribution in [2.75, 3.05) is 46.0 Å². The molecule has 10 nitrogen and oxygen atoms in total. The molecule has 1 atom stereocenters. The smallest absolute Gasteiger partial charge is 0.413 e. The normalized spacial score (nSPS) is 19.2. The number of carbonyl (C=O) groups is 2. The Morgan fingerprint density at radius 2 is 1.82 bits per heavy atom. The van der Waals surface area contributed by atoms with Crippen molar-refractivity contribution < 1.29 is 19.1 Å². The number of alkyl carbamates (subject to hydrolysis) is 1. The number of amides is 2. The summed E-state index contributed by atoms with van der Waals surface area (Å²) in [5, 5.41) is 15.9. The van der Waals surface area contributed by atoms with Gasteiger partial charge in [-0.3, -0.25) is 15.0 Å². The molecule has 2 N–H and O–H groups in total. The summed E-state index contributed by atoms with van der Waals surface area (Å²) in [5.41, 5.74) is 0.0546. The number of nitriles is 1. The standard InChI is InChI=1S/C28H42N6O4/c1-5-38-26(36)31-25(34-15-17-37-18-16-34)30-23(19-27(2,3)4)24(35)32-28(21-29)11-13-33(14-12-28)20-22-9-7-6-8-10-22/h6-10,23H,5,11-20H2,1-4H3,(H,32,35)(H,30,31,36)/t23-/m0/s1. The quantitative estimate of drug-likeness (QED) is 0.414. The number of nitrogens with zero attached hydrogens (tertiary/aromatic N) is 4. The third kappa shape index (κ3) is 8.99. The molecular weight excluding hydrogens is 484 g/mol. The monoisotopic (exact) mass is 526 g/mol. The SMILES string of the molecule is CCOC(=O)NC(=N[C@@H](CC(C)(C)C)C(=O)NC1(C#N)CCN(Cc2ccccc2)CC1)N1CCOCC1. The zero-order valence-electron chi connectivity index (χ0n) is 23.2. The van der Waals surface area contributed by atoms with E-state index in [1.54, 1.807) is 6.92 Å². The zero-order chi connectivity index (χ0) is 27.6. The first-order valence-corrected chi connectivity index (χ1v) is 13.5. The van der Waals surface area contributed by atoms with Crippen LogP contribution in [-0.2, 0) is 20.8 Å². The predicted octanol–water partition coefficient (Wildman–Crippen LogP) is 2.90. The molecule has 0 spiro atoms. The van der Waals surface area contributed by atoms with Gasteiger partial charge in [-0.25, -0.2) is 9.79 Å². The number of guanidine groups is 1. The summed E-state index contributed by atoms with van der Waals surface area (Å²) in [6.07, 6.45) is 0.891. The first-order chi connectivity index (χ1) is 18.1. The number of hydrogen-bond donors (Lipinski definition) is 2. The second-order valence-corrected chi connectivity index (χ2v) is 11.1. The molecular formula is C28H42N6O4. The first-order valence-electron chi connectivity index (χ1n) is 13.5. The lowest BCUT2D eigenvalue weighted by atomic mass is 9.85. The highest BCUT2D eigenvalue weighted by molar-refractivity contribution is 5.96. The molecule has 3 rings (SSSR count). The molecule has 2 heterocycles. The molecule has 0 radical (unpaired) electrons. The molecule has 0 bridgehead atoms. The number of piperidine rings is 1. The topological polar surface area (TPSA) is 119 Å². The summed E-state index contributed by atoms with van der Waals surface area (Å²) in [7, 11) is 0. The van der Waals surface area contributed by atoms with Gasteiger partial charge in [-0.2, -0.15) is 5.26 Å². The average molecular weight is 527 g/mol. The summed E-state index contributed by atoms with van der Waals surface area (Å²) in [6, 6.07) is 11.8. The number of benzene rings is 1. The highest BCUT2D eigenvalue weighted by atomic mass is 16.5. The van der Waals surface area contributed by atoms with Crippen molar-refractivity contribution in [1.29, 1.82) is 5.26 Å². The molecule has 2 saturated heterocycles. The molecule has 1 aromatic rings. The van der Waals surface area contributed by atoms with Crippen molar-refractivity contribution >= 4 is 18.0 Å². The fourth-order valence-electron chi connectivity index (χ4n) is 4.67. The Hall–Kier alpha value is -3.16. The van der Waals surface area contributed by atoms with Crippen LogP contribution in [0.4, 0.5) is 4.79 Å². The van der Waals surface area contributed by atoms with Gasteiger partial charge in [0.15, 0.2) is 0 Å². The molecule has 0 aliphatic carbocycles. The molecule has 1 aromatic carbocycles. The minimum atomic E-state index is -0.955. The molecule has 208 valence electrons. The van der Waals surface area contributed by atoms with E-state index in [4.69, 9.17) is 14.5 Å². The largest absolute Gasteiger partial charge is 0.450 e. The second kappa shape index (κ2) is 13.6. The Morgan fingerprint density at radius 3 is 2.39 bits per heavy atom. The summed E-state index contributed by atoms with van der Waals surface area (Å²) in [6.45, 7) is 12.4. The van der Waals surface area contributed by atoms with Crippen molar-refractivity contribution in [2.24, 2.45) is 10.4 Å². The third-order valence-corrected chi connectivity index (χ3v) is 6.72. The van der Waals surface area contributed by atoms with Gasteiger partial charge in [0, 0.05) is 32.7 Å². The molecule has 2 aliphatic heterocycles. The van der Waals surface area contributed by atoms with Gasteiger partial charge in [0.2, 0.25) is 11.9 Å². The van der Waals surface area contributed by atoms with Crippen molar-refractivity contribution in [1.82, 2.24) is 20.4 Å². The van der Waals surface area contributed by atoms with E-state index in [0.717, 1.165) is 6.54 Å². The maximum absolute atomic E-state index is 13.7. The van der Waals surface area contributed by atoms with Crippen LogP contribution in [0.15, 0.2) is 35.3 Å². The van der Waals surface area contributed by atoms with Gasteiger partial charge in [-0.15, -0.1) is 0 Å². The minimum absolute atomic E-state index is 0.218. The Kier molecular flexibility index (Phi) is 10.5. The zero-order valence-corrected chi connectivity index (χ0v) is 23.2. The van der Waals surface area contributed by atoms with Crippen LogP contribution < -0.4 is 10.6 Å². The molecule has 0 saturated carbocycles. The summed E-state index contributed by atoms with van der Waals surface area (Å²) in [5.74, 6) is -0.0192. The van der Waals surface area contributed by atoms with E-state index in [1.807, 2.05) is 43.9 Å². The van der Waals surface area contributed by atoms with Crippen LogP contribution in [-0.4, -0.2) is 85.3 Å². The number of morpholine rings is 1. The first kappa shape index (κ1) is 29.4.